The Hall–Kier alpha value is -3.04. The first kappa shape index (κ1) is 25.1. The van der Waals surface area contributed by atoms with Crippen molar-refractivity contribution >= 4 is 23.2 Å². The highest BCUT2D eigenvalue weighted by molar-refractivity contribution is 6.28. The van der Waals surface area contributed by atoms with Crippen molar-refractivity contribution in [2.24, 2.45) is 11.5 Å². The lowest BCUT2D eigenvalue weighted by atomic mass is 9.77. The Morgan fingerprint density at radius 3 is 1.34 bits per heavy atom. The molecule has 0 bridgehead atoms. The second-order valence-electron chi connectivity index (χ2n) is 8.10. The molecule has 0 amide bonds. The van der Waals surface area contributed by atoms with Gasteiger partial charge in [0.25, 0.3) is 0 Å². The molecule has 0 aliphatic rings. The molecule has 4 rings (SSSR count). The van der Waals surface area contributed by atoms with Gasteiger partial charge in [0, 0.05) is 11.1 Å². The molecule has 4 aromatic rings. The predicted octanol–water partition coefficient (Wildman–Crippen LogP) is 4.46. The monoisotopic (exact) mass is 508 g/mol. The topological polar surface area (TPSA) is 129 Å². The zero-order chi connectivity index (χ0) is 24.7. The van der Waals surface area contributed by atoms with Gasteiger partial charge in [-0.15, -0.1) is 0 Å². The number of rotatable bonds is 10. The summed E-state index contributed by atoms with van der Waals surface area (Å²) in [4.78, 5) is 27.6. The number of nitrogens with zero attached hydrogens (tertiary/aromatic N) is 6. The number of nitrogens with two attached hydrogens (primary N) is 2. The molecule has 0 fully saturated rings. The van der Waals surface area contributed by atoms with E-state index < -0.39 is 5.41 Å². The molecule has 180 valence electrons. The summed E-state index contributed by atoms with van der Waals surface area (Å²) in [6.45, 7) is 0.943. The zero-order valence-electron chi connectivity index (χ0n) is 19.1. The molecule has 4 N–H and O–H groups in total. The highest BCUT2D eigenvalue weighted by Crippen LogP contribution is 2.39. The number of halogens is 2. The van der Waals surface area contributed by atoms with Crippen LogP contribution in [0.15, 0.2) is 60.7 Å². The average Bonchev–Trinajstić information content (AvgIpc) is 2.89. The van der Waals surface area contributed by atoms with Crippen molar-refractivity contribution in [3.63, 3.8) is 0 Å². The van der Waals surface area contributed by atoms with Gasteiger partial charge in [0.2, 0.25) is 10.6 Å². The fourth-order valence-electron chi connectivity index (χ4n) is 4.04. The molecule has 0 saturated carbocycles. The van der Waals surface area contributed by atoms with Crippen LogP contribution in [0.4, 0.5) is 0 Å². The van der Waals surface area contributed by atoms with E-state index in [2.05, 4.69) is 19.9 Å². The van der Waals surface area contributed by atoms with E-state index in [1.165, 1.54) is 0 Å². The van der Waals surface area contributed by atoms with Crippen molar-refractivity contribution in [3.8, 4) is 22.8 Å². The molecular weight excluding hydrogens is 483 g/mol. The van der Waals surface area contributed by atoms with Crippen molar-refractivity contribution in [1.82, 2.24) is 29.9 Å². The van der Waals surface area contributed by atoms with Gasteiger partial charge in [0.15, 0.2) is 11.6 Å². The summed E-state index contributed by atoms with van der Waals surface area (Å²) in [6.07, 6.45) is 2.51. The van der Waals surface area contributed by atoms with E-state index in [-0.39, 0.29) is 10.6 Å². The van der Waals surface area contributed by atoms with E-state index in [4.69, 9.17) is 44.6 Å². The smallest absolute Gasteiger partial charge is 0.226 e. The molecule has 0 saturated heterocycles. The van der Waals surface area contributed by atoms with Crippen LogP contribution in [0.1, 0.15) is 37.3 Å². The van der Waals surface area contributed by atoms with Gasteiger partial charge in [-0.05, 0) is 62.0 Å². The van der Waals surface area contributed by atoms with Crippen LogP contribution >= 0.6 is 23.2 Å². The Morgan fingerprint density at radius 1 is 0.571 bits per heavy atom. The summed E-state index contributed by atoms with van der Waals surface area (Å²) in [6, 6.07) is 19.2. The van der Waals surface area contributed by atoms with Gasteiger partial charge in [-0.1, -0.05) is 60.7 Å². The lowest BCUT2D eigenvalue weighted by molar-refractivity contribution is 0.371. The van der Waals surface area contributed by atoms with E-state index in [9.17, 15) is 0 Å². The van der Waals surface area contributed by atoms with Crippen LogP contribution in [0, 0.1) is 0 Å². The third kappa shape index (κ3) is 5.79. The van der Waals surface area contributed by atoms with Gasteiger partial charge in [0.05, 0.1) is 5.41 Å². The summed E-state index contributed by atoms with van der Waals surface area (Å²) in [5.74, 6) is 1.85. The third-order valence-corrected chi connectivity index (χ3v) is 6.09. The maximum Gasteiger partial charge on any atom is 0.226 e. The summed E-state index contributed by atoms with van der Waals surface area (Å²) in [5, 5.41) is 0.171. The molecule has 0 unspecified atom stereocenters. The van der Waals surface area contributed by atoms with Gasteiger partial charge >= 0.3 is 0 Å². The van der Waals surface area contributed by atoms with Crippen molar-refractivity contribution in [2.75, 3.05) is 13.1 Å². The fraction of sp³-hybridized carbons (Fsp3) is 0.280. The Morgan fingerprint density at radius 2 is 0.971 bits per heavy atom. The van der Waals surface area contributed by atoms with Crippen LogP contribution in [-0.2, 0) is 5.41 Å². The first-order chi connectivity index (χ1) is 17.1. The fourth-order valence-corrected chi connectivity index (χ4v) is 4.36. The quantitative estimate of drug-likeness (QED) is 0.321. The molecule has 2 aromatic heterocycles. The van der Waals surface area contributed by atoms with Gasteiger partial charge in [0.1, 0.15) is 11.6 Å². The number of aromatic nitrogens is 6. The number of hydrogen-bond donors (Lipinski definition) is 2. The van der Waals surface area contributed by atoms with Crippen LogP contribution in [-0.4, -0.2) is 43.0 Å². The zero-order valence-corrected chi connectivity index (χ0v) is 20.6. The molecule has 2 aromatic carbocycles. The molecule has 0 aliphatic heterocycles. The van der Waals surface area contributed by atoms with E-state index in [0.717, 1.165) is 11.1 Å². The molecular formula is C25H26Cl2N8. The van der Waals surface area contributed by atoms with Gasteiger partial charge < -0.3 is 11.5 Å². The summed E-state index contributed by atoms with van der Waals surface area (Å²) in [7, 11) is 0. The molecule has 0 aliphatic carbocycles. The van der Waals surface area contributed by atoms with Gasteiger partial charge in [-0.3, -0.25) is 0 Å². The van der Waals surface area contributed by atoms with Crippen molar-refractivity contribution in [2.45, 2.75) is 31.1 Å². The van der Waals surface area contributed by atoms with Crippen LogP contribution in [0.2, 0.25) is 10.6 Å². The van der Waals surface area contributed by atoms with E-state index >= 15 is 0 Å². The lowest BCUT2D eigenvalue weighted by Crippen LogP contribution is -2.35. The molecule has 2 heterocycles. The minimum Gasteiger partial charge on any atom is -0.330 e. The van der Waals surface area contributed by atoms with Gasteiger partial charge in [-0.2, -0.15) is 9.97 Å². The lowest BCUT2D eigenvalue weighted by Gasteiger charge is -2.31. The first-order valence-electron chi connectivity index (χ1n) is 11.4. The van der Waals surface area contributed by atoms with Crippen LogP contribution in [0.25, 0.3) is 22.8 Å². The minimum absolute atomic E-state index is 0.0853. The molecule has 35 heavy (non-hydrogen) atoms. The average molecular weight is 509 g/mol. The minimum atomic E-state index is -0.842. The first-order valence-corrected chi connectivity index (χ1v) is 12.2. The second kappa shape index (κ2) is 11.6. The Bertz CT molecular complexity index is 1160. The standard InChI is InChI=1S/C25H26Cl2N8/c26-23-32-19(17-9-3-1-4-10-17)30-21(34-23)25(13-7-15-28,14-8-16-29)22-31-20(33-24(27)35-22)18-11-5-2-6-12-18/h1-6,9-12H,7-8,13-16,28-29H2. The summed E-state index contributed by atoms with van der Waals surface area (Å²) < 4.78 is 0. The van der Waals surface area contributed by atoms with E-state index in [0.29, 0.717) is 62.1 Å². The normalized spacial score (nSPS) is 11.5. The molecule has 0 spiro atoms. The number of hydrogen-bond acceptors (Lipinski definition) is 8. The third-order valence-electron chi connectivity index (χ3n) is 5.75. The number of benzene rings is 2. The van der Waals surface area contributed by atoms with E-state index in [1.54, 1.807) is 0 Å². The SMILES string of the molecule is NCCCC(CCCN)(c1nc(Cl)nc(-c2ccccc2)n1)c1nc(Cl)nc(-c2ccccc2)n1. The van der Waals surface area contributed by atoms with Crippen LogP contribution in [0.5, 0.6) is 0 Å². The van der Waals surface area contributed by atoms with Crippen molar-refractivity contribution < 1.29 is 0 Å². The maximum absolute atomic E-state index is 6.43. The van der Waals surface area contributed by atoms with Gasteiger partial charge in [-0.25, -0.2) is 19.9 Å². The largest absolute Gasteiger partial charge is 0.330 e. The highest BCUT2D eigenvalue weighted by atomic mass is 35.5. The molecule has 8 nitrogen and oxygen atoms in total. The highest BCUT2D eigenvalue weighted by Gasteiger charge is 2.41. The Kier molecular flexibility index (Phi) is 8.30. The molecule has 0 atom stereocenters. The molecule has 0 radical (unpaired) electrons. The van der Waals surface area contributed by atoms with Crippen molar-refractivity contribution in [1.29, 1.82) is 0 Å². The molecule has 10 heteroatoms. The van der Waals surface area contributed by atoms with Crippen LogP contribution < -0.4 is 11.5 Å². The van der Waals surface area contributed by atoms with E-state index in [1.807, 2.05) is 60.7 Å². The summed E-state index contributed by atoms with van der Waals surface area (Å²) in [5.41, 5.74) is 12.7. The predicted molar refractivity (Wildman–Crippen MR) is 138 cm³/mol. The Labute approximate surface area is 214 Å². The Balaban J connectivity index is 1.94. The van der Waals surface area contributed by atoms with Crippen LogP contribution in [0.3, 0.4) is 0 Å². The maximum atomic E-state index is 6.43. The van der Waals surface area contributed by atoms with Crippen molar-refractivity contribution in [3.05, 3.63) is 82.9 Å². The second-order valence-corrected chi connectivity index (χ2v) is 8.78. The summed E-state index contributed by atoms with van der Waals surface area (Å²) >= 11 is 12.9.